The summed E-state index contributed by atoms with van der Waals surface area (Å²) in [5, 5.41) is 0. The maximum atomic E-state index is 11.3. The minimum Gasteiger partial charge on any atom is -0.245 e. The molecule has 0 saturated heterocycles. The summed E-state index contributed by atoms with van der Waals surface area (Å²) in [6, 6.07) is 5.28. The first kappa shape index (κ1) is 10.2. The standard InChI is InChI=1S/C9H3N3O3/c1-4-10-7(13)11(5-2)9(15)12(6-3)8(10)14/h1-3H. The fourth-order valence-electron chi connectivity index (χ4n) is 0.877. The summed E-state index contributed by atoms with van der Waals surface area (Å²) in [6.07, 6.45) is 14.7. The Morgan fingerprint density at radius 2 is 0.867 bits per heavy atom. The van der Waals surface area contributed by atoms with Gasteiger partial charge in [0.15, 0.2) is 0 Å². The Morgan fingerprint density at radius 3 is 1.00 bits per heavy atom. The van der Waals surface area contributed by atoms with E-state index >= 15 is 0 Å². The summed E-state index contributed by atoms with van der Waals surface area (Å²) in [5.41, 5.74) is -3.29. The molecule has 15 heavy (non-hydrogen) atoms. The van der Waals surface area contributed by atoms with Crippen molar-refractivity contribution >= 4 is 0 Å². The van der Waals surface area contributed by atoms with Crippen LogP contribution in [0.4, 0.5) is 0 Å². The van der Waals surface area contributed by atoms with Gasteiger partial charge in [0.25, 0.3) is 0 Å². The molecule has 0 fully saturated rings. The highest BCUT2D eigenvalue weighted by atomic mass is 16.2. The molecule has 0 radical (unpaired) electrons. The number of terminal acetylenes is 3. The topological polar surface area (TPSA) is 66.0 Å². The van der Waals surface area contributed by atoms with Gasteiger partial charge in [0.1, 0.15) is 0 Å². The van der Waals surface area contributed by atoms with Crippen molar-refractivity contribution in [2.45, 2.75) is 0 Å². The Bertz CT molecular complexity index is 580. The van der Waals surface area contributed by atoms with E-state index in [1.54, 1.807) is 18.1 Å². The zero-order valence-corrected chi connectivity index (χ0v) is 7.30. The molecule has 0 aliphatic rings. The fraction of sp³-hybridized carbons (Fsp3) is 0. The van der Waals surface area contributed by atoms with E-state index in [1.165, 1.54) is 0 Å². The normalized spacial score (nSPS) is 8.60. The molecule has 1 aromatic rings. The van der Waals surface area contributed by atoms with Crippen molar-refractivity contribution in [1.82, 2.24) is 13.7 Å². The number of rotatable bonds is 0. The van der Waals surface area contributed by atoms with E-state index in [-0.39, 0.29) is 0 Å². The summed E-state index contributed by atoms with van der Waals surface area (Å²) < 4.78 is 0.920. The molecule has 0 aliphatic heterocycles. The lowest BCUT2D eigenvalue weighted by atomic mass is 10.7. The van der Waals surface area contributed by atoms with Crippen molar-refractivity contribution in [2.75, 3.05) is 0 Å². The van der Waals surface area contributed by atoms with Crippen molar-refractivity contribution < 1.29 is 0 Å². The molecule has 0 bridgehead atoms. The molecule has 6 nitrogen and oxygen atoms in total. The van der Waals surface area contributed by atoms with Crippen molar-refractivity contribution in [2.24, 2.45) is 0 Å². The maximum Gasteiger partial charge on any atom is 0.360 e. The fourth-order valence-corrected chi connectivity index (χ4v) is 0.877. The van der Waals surface area contributed by atoms with Gasteiger partial charge in [-0.05, 0) is 0 Å². The summed E-state index contributed by atoms with van der Waals surface area (Å²) in [7, 11) is 0. The molecule has 0 unspecified atom stereocenters. The molecule has 1 rings (SSSR count). The first-order chi connectivity index (χ1) is 7.08. The van der Waals surface area contributed by atoms with Crippen molar-refractivity contribution in [1.29, 1.82) is 0 Å². The van der Waals surface area contributed by atoms with Gasteiger partial charge < -0.3 is 0 Å². The molecule has 0 amide bonds. The van der Waals surface area contributed by atoms with E-state index in [9.17, 15) is 14.4 Å². The second-order valence-corrected chi connectivity index (χ2v) is 2.24. The van der Waals surface area contributed by atoms with Crippen LogP contribution >= 0.6 is 0 Å². The Morgan fingerprint density at radius 1 is 0.667 bits per heavy atom. The van der Waals surface area contributed by atoms with Crippen LogP contribution in [0.3, 0.4) is 0 Å². The molecule has 0 N–H and O–H groups in total. The molecular weight excluding hydrogens is 198 g/mol. The summed E-state index contributed by atoms with van der Waals surface area (Å²) in [5.74, 6) is 0. The minimum atomic E-state index is -1.10. The van der Waals surface area contributed by atoms with Gasteiger partial charge in [0.05, 0.1) is 0 Å². The first-order valence-electron chi connectivity index (χ1n) is 3.49. The molecule has 72 valence electrons. The van der Waals surface area contributed by atoms with E-state index in [2.05, 4.69) is 0 Å². The lowest BCUT2D eigenvalue weighted by Gasteiger charge is -2.00. The molecule has 1 heterocycles. The predicted molar refractivity (Wildman–Crippen MR) is 51.9 cm³/mol. The quantitative estimate of drug-likeness (QED) is 0.435. The Balaban J connectivity index is 4.17. The number of hydrogen-bond donors (Lipinski definition) is 0. The average molecular weight is 201 g/mol. The molecule has 0 aliphatic carbocycles. The summed E-state index contributed by atoms with van der Waals surface area (Å²) in [4.78, 5) is 33.9. The van der Waals surface area contributed by atoms with Gasteiger partial charge in [-0.15, -0.1) is 0 Å². The number of aromatic nitrogens is 3. The van der Waals surface area contributed by atoms with Gasteiger partial charge >= 0.3 is 17.1 Å². The van der Waals surface area contributed by atoms with E-state index in [0.717, 1.165) is 0 Å². The van der Waals surface area contributed by atoms with Crippen LogP contribution in [-0.4, -0.2) is 13.7 Å². The Kier molecular flexibility index (Phi) is 2.34. The Labute approximate surface area is 83.4 Å². The molecule has 6 heteroatoms. The van der Waals surface area contributed by atoms with Crippen LogP contribution in [0.5, 0.6) is 0 Å². The van der Waals surface area contributed by atoms with Gasteiger partial charge in [-0.1, -0.05) is 19.3 Å². The number of hydrogen-bond acceptors (Lipinski definition) is 3. The van der Waals surface area contributed by atoms with E-state index in [4.69, 9.17) is 19.3 Å². The summed E-state index contributed by atoms with van der Waals surface area (Å²) in [6.45, 7) is 0. The average Bonchev–Trinajstić information content (AvgIpc) is 2.19. The molecule has 0 aromatic carbocycles. The van der Waals surface area contributed by atoms with Crippen LogP contribution in [0.25, 0.3) is 0 Å². The molecule has 0 atom stereocenters. The van der Waals surface area contributed by atoms with Gasteiger partial charge in [-0.25, -0.2) is 14.4 Å². The minimum absolute atomic E-state index is 0.307. The lowest BCUT2D eigenvalue weighted by molar-refractivity contribution is 0.691. The van der Waals surface area contributed by atoms with Crippen molar-refractivity contribution in [3.05, 3.63) is 31.5 Å². The zero-order valence-electron chi connectivity index (χ0n) is 7.30. The SMILES string of the molecule is C#Cn1c(=O)n(C#C)c(=O)n(C#C)c1=O. The third kappa shape index (κ3) is 1.25. The van der Waals surface area contributed by atoms with Crippen molar-refractivity contribution in [3.63, 3.8) is 0 Å². The van der Waals surface area contributed by atoms with Crippen LogP contribution < -0.4 is 17.1 Å². The maximum absolute atomic E-state index is 11.3. The summed E-state index contributed by atoms with van der Waals surface area (Å²) >= 11 is 0. The van der Waals surface area contributed by atoms with Crippen LogP contribution in [-0.2, 0) is 0 Å². The second kappa shape index (κ2) is 3.45. The smallest absolute Gasteiger partial charge is 0.245 e. The lowest BCUT2D eigenvalue weighted by Crippen LogP contribution is -2.51. The molecule has 0 saturated carbocycles. The first-order valence-corrected chi connectivity index (χ1v) is 3.49. The predicted octanol–water partition coefficient (Wildman–Crippen LogP) is -2.51. The molecule has 1 aromatic heterocycles. The van der Waals surface area contributed by atoms with Gasteiger partial charge in [0, 0.05) is 18.1 Å². The second-order valence-electron chi connectivity index (χ2n) is 2.24. The van der Waals surface area contributed by atoms with Gasteiger partial charge in [-0.3, -0.25) is 0 Å². The van der Waals surface area contributed by atoms with E-state index in [0.29, 0.717) is 13.7 Å². The van der Waals surface area contributed by atoms with E-state index < -0.39 is 17.1 Å². The third-order valence-corrected chi connectivity index (χ3v) is 1.54. The van der Waals surface area contributed by atoms with Crippen LogP contribution in [0.2, 0.25) is 0 Å². The highest BCUT2D eigenvalue weighted by Gasteiger charge is 2.11. The highest BCUT2D eigenvalue weighted by Crippen LogP contribution is 1.65. The zero-order chi connectivity index (χ0) is 11.6. The van der Waals surface area contributed by atoms with Crippen molar-refractivity contribution in [3.8, 4) is 37.4 Å². The highest BCUT2D eigenvalue weighted by molar-refractivity contribution is 5.04. The third-order valence-electron chi connectivity index (χ3n) is 1.54. The largest absolute Gasteiger partial charge is 0.360 e. The van der Waals surface area contributed by atoms with Crippen LogP contribution in [0, 0.1) is 37.4 Å². The monoisotopic (exact) mass is 201 g/mol. The van der Waals surface area contributed by atoms with E-state index in [1.807, 2.05) is 0 Å². The van der Waals surface area contributed by atoms with Crippen LogP contribution in [0.1, 0.15) is 0 Å². The van der Waals surface area contributed by atoms with Gasteiger partial charge in [0.2, 0.25) is 0 Å². The molecule has 0 spiro atoms. The molecular formula is C9H3N3O3. The van der Waals surface area contributed by atoms with Gasteiger partial charge in [-0.2, -0.15) is 13.7 Å². The Hall–Kier alpha value is -2.91. The van der Waals surface area contributed by atoms with Crippen LogP contribution in [0.15, 0.2) is 14.4 Å². The number of nitrogens with zero attached hydrogens (tertiary/aromatic N) is 3.